The molecule has 1 atom stereocenters. The quantitative estimate of drug-likeness (QED) is 0.412. The van der Waals surface area contributed by atoms with Crippen molar-refractivity contribution in [3.05, 3.63) is 111 Å². The third kappa shape index (κ3) is 3.97. The summed E-state index contributed by atoms with van der Waals surface area (Å²) in [4.78, 5) is 10.8. The second-order valence-corrected chi connectivity index (χ2v) is 6.53. The van der Waals surface area contributed by atoms with Crippen LogP contribution >= 0.6 is 0 Å². The van der Waals surface area contributed by atoms with Gasteiger partial charge in [-0.2, -0.15) is 18.4 Å². The lowest BCUT2D eigenvalue weighted by Gasteiger charge is -2.28. The van der Waals surface area contributed by atoms with Crippen molar-refractivity contribution in [2.75, 3.05) is 0 Å². The molecule has 0 aliphatic carbocycles. The van der Waals surface area contributed by atoms with E-state index in [1.54, 1.807) is 60.7 Å². The molecule has 0 amide bonds. The lowest BCUT2D eigenvalue weighted by Crippen LogP contribution is -2.30. The van der Waals surface area contributed by atoms with E-state index in [0.29, 0.717) is 11.6 Å². The number of hydrogen-bond acceptors (Lipinski definition) is 3. The second kappa shape index (κ2) is 7.76. The summed E-state index contributed by atoms with van der Waals surface area (Å²) in [6.45, 7) is 0. The normalized spacial score (nSPS) is 13.3. The molecule has 0 unspecified atom stereocenters. The van der Waals surface area contributed by atoms with Crippen LogP contribution in [0.3, 0.4) is 0 Å². The maximum Gasteiger partial charge on any atom is 0.416 e. The minimum absolute atomic E-state index is 0.0700. The standard InChI is InChI=1S/C22H15F3N2O2/c23-22(24,25)18-11-12-19(20(13-18)27(28)29)21(15-26,17-9-5-2-6-10-17)14-16-7-3-1-4-8-16/h1-13H,14H2/t21-/m1/s1. The van der Waals surface area contributed by atoms with Gasteiger partial charge in [0.05, 0.1) is 22.1 Å². The second-order valence-electron chi connectivity index (χ2n) is 6.53. The highest BCUT2D eigenvalue weighted by Crippen LogP contribution is 2.42. The van der Waals surface area contributed by atoms with Crippen LogP contribution in [-0.2, 0) is 18.0 Å². The molecule has 29 heavy (non-hydrogen) atoms. The highest BCUT2D eigenvalue weighted by molar-refractivity contribution is 5.58. The Morgan fingerprint density at radius 1 is 0.897 bits per heavy atom. The molecular weight excluding hydrogens is 381 g/mol. The molecule has 7 heteroatoms. The molecule has 0 radical (unpaired) electrons. The predicted octanol–water partition coefficient (Wildman–Crippen LogP) is 5.67. The maximum atomic E-state index is 13.1. The molecular formula is C22H15F3N2O2. The van der Waals surface area contributed by atoms with Crippen molar-refractivity contribution in [3.63, 3.8) is 0 Å². The molecule has 3 rings (SSSR count). The largest absolute Gasteiger partial charge is 0.416 e. The van der Waals surface area contributed by atoms with Gasteiger partial charge in [0.1, 0.15) is 5.41 Å². The van der Waals surface area contributed by atoms with Crippen LogP contribution in [0.5, 0.6) is 0 Å². The Bertz CT molecular complexity index is 1060. The van der Waals surface area contributed by atoms with Crippen molar-refractivity contribution in [1.29, 1.82) is 5.26 Å². The van der Waals surface area contributed by atoms with Gasteiger partial charge in [-0.3, -0.25) is 10.1 Å². The van der Waals surface area contributed by atoms with Crippen LogP contribution in [0, 0.1) is 21.4 Å². The monoisotopic (exact) mass is 396 g/mol. The van der Waals surface area contributed by atoms with E-state index in [4.69, 9.17) is 0 Å². The van der Waals surface area contributed by atoms with Crippen LogP contribution in [0.4, 0.5) is 18.9 Å². The Morgan fingerprint density at radius 2 is 1.48 bits per heavy atom. The van der Waals surface area contributed by atoms with Crippen LogP contribution < -0.4 is 0 Å². The van der Waals surface area contributed by atoms with Gasteiger partial charge < -0.3 is 0 Å². The van der Waals surface area contributed by atoms with Crippen LogP contribution in [0.1, 0.15) is 22.3 Å². The number of nitriles is 1. The first-order chi connectivity index (χ1) is 13.8. The Morgan fingerprint density at radius 3 is 2.00 bits per heavy atom. The van der Waals surface area contributed by atoms with Crippen molar-refractivity contribution < 1.29 is 18.1 Å². The smallest absolute Gasteiger partial charge is 0.258 e. The van der Waals surface area contributed by atoms with Crippen molar-refractivity contribution in [2.24, 2.45) is 0 Å². The van der Waals surface area contributed by atoms with Crippen LogP contribution in [0.15, 0.2) is 78.9 Å². The number of nitrogens with zero attached hydrogens (tertiary/aromatic N) is 2. The van der Waals surface area contributed by atoms with Gasteiger partial charge >= 0.3 is 6.18 Å². The molecule has 0 fully saturated rings. The van der Waals surface area contributed by atoms with E-state index in [9.17, 15) is 28.5 Å². The first kappa shape index (κ1) is 20.1. The fourth-order valence-electron chi connectivity index (χ4n) is 3.36. The van der Waals surface area contributed by atoms with Gasteiger partial charge in [-0.05, 0) is 29.7 Å². The molecule has 146 valence electrons. The lowest BCUT2D eigenvalue weighted by molar-refractivity contribution is -0.386. The van der Waals surface area contributed by atoms with E-state index >= 15 is 0 Å². The SMILES string of the molecule is N#C[C@](Cc1ccccc1)(c1ccccc1)c1ccc(C(F)(F)F)cc1[N+](=O)[O-]. The minimum atomic E-state index is -4.73. The summed E-state index contributed by atoms with van der Waals surface area (Å²) in [6.07, 6.45) is -4.66. The molecule has 0 saturated carbocycles. The number of nitro benzene ring substituents is 1. The number of halogens is 3. The van der Waals surface area contributed by atoms with Gasteiger partial charge in [0.25, 0.3) is 5.69 Å². The van der Waals surface area contributed by atoms with Gasteiger partial charge in [-0.25, -0.2) is 0 Å². The molecule has 0 saturated heterocycles. The Kier molecular flexibility index (Phi) is 5.37. The minimum Gasteiger partial charge on any atom is -0.258 e. The molecule has 4 nitrogen and oxygen atoms in total. The predicted molar refractivity (Wildman–Crippen MR) is 101 cm³/mol. The van der Waals surface area contributed by atoms with Gasteiger partial charge in [0.2, 0.25) is 0 Å². The van der Waals surface area contributed by atoms with Crippen molar-refractivity contribution in [1.82, 2.24) is 0 Å². The topological polar surface area (TPSA) is 66.9 Å². The molecule has 0 N–H and O–H groups in total. The fourth-order valence-corrected chi connectivity index (χ4v) is 3.36. The molecule has 0 aliphatic heterocycles. The third-order valence-corrected chi connectivity index (χ3v) is 4.75. The van der Waals surface area contributed by atoms with Gasteiger partial charge in [-0.1, -0.05) is 60.7 Å². The van der Waals surface area contributed by atoms with E-state index in [1.807, 2.05) is 0 Å². The van der Waals surface area contributed by atoms with E-state index in [2.05, 4.69) is 6.07 Å². The van der Waals surface area contributed by atoms with Crippen molar-refractivity contribution in [2.45, 2.75) is 18.0 Å². The number of hydrogen-bond donors (Lipinski definition) is 0. The van der Waals surface area contributed by atoms with Crippen LogP contribution in [0.2, 0.25) is 0 Å². The maximum absolute atomic E-state index is 13.1. The summed E-state index contributed by atoms with van der Waals surface area (Å²) >= 11 is 0. The summed E-state index contributed by atoms with van der Waals surface area (Å²) in [5, 5.41) is 21.9. The molecule has 0 aliphatic rings. The first-order valence-electron chi connectivity index (χ1n) is 8.65. The summed E-state index contributed by atoms with van der Waals surface area (Å²) in [7, 11) is 0. The average molecular weight is 396 g/mol. The van der Waals surface area contributed by atoms with Crippen molar-refractivity contribution in [3.8, 4) is 6.07 Å². The van der Waals surface area contributed by atoms with Gasteiger partial charge in [0.15, 0.2) is 0 Å². The summed E-state index contributed by atoms with van der Waals surface area (Å²) in [5.74, 6) is 0. The third-order valence-electron chi connectivity index (χ3n) is 4.75. The lowest BCUT2D eigenvalue weighted by atomic mass is 9.71. The number of benzene rings is 3. The zero-order valence-electron chi connectivity index (χ0n) is 15.1. The van der Waals surface area contributed by atoms with E-state index in [-0.39, 0.29) is 12.0 Å². The molecule has 3 aromatic rings. The fraction of sp³-hybridized carbons (Fsp3) is 0.136. The molecule has 3 aromatic carbocycles. The summed E-state index contributed by atoms with van der Waals surface area (Å²) in [6, 6.07) is 21.7. The Balaban J connectivity index is 2.30. The molecule has 0 heterocycles. The summed E-state index contributed by atoms with van der Waals surface area (Å²) < 4.78 is 39.4. The Labute approximate surface area is 165 Å². The highest BCUT2D eigenvalue weighted by atomic mass is 19.4. The average Bonchev–Trinajstić information content (AvgIpc) is 2.72. The number of alkyl halides is 3. The number of nitro groups is 1. The van der Waals surface area contributed by atoms with E-state index in [1.165, 1.54) is 0 Å². The van der Waals surface area contributed by atoms with Crippen LogP contribution in [0.25, 0.3) is 0 Å². The first-order valence-corrected chi connectivity index (χ1v) is 8.65. The Hall–Kier alpha value is -3.66. The molecule has 0 spiro atoms. The molecule has 0 aromatic heterocycles. The highest BCUT2D eigenvalue weighted by Gasteiger charge is 2.42. The zero-order valence-corrected chi connectivity index (χ0v) is 15.1. The van der Waals surface area contributed by atoms with Crippen molar-refractivity contribution >= 4 is 5.69 Å². The van der Waals surface area contributed by atoms with Crippen LogP contribution in [-0.4, -0.2) is 4.92 Å². The summed E-state index contributed by atoms with van der Waals surface area (Å²) in [5.41, 5.74) is -2.28. The van der Waals surface area contributed by atoms with E-state index in [0.717, 1.165) is 17.7 Å². The number of rotatable bonds is 5. The zero-order chi connectivity index (χ0) is 21.1. The van der Waals surface area contributed by atoms with E-state index < -0.39 is 27.8 Å². The van der Waals surface area contributed by atoms with Gasteiger partial charge in [-0.15, -0.1) is 0 Å². The molecule has 0 bridgehead atoms. The van der Waals surface area contributed by atoms with Gasteiger partial charge in [0, 0.05) is 6.07 Å².